The fourth-order valence-corrected chi connectivity index (χ4v) is 4.11. The number of nitrogens with one attached hydrogen (secondary N) is 1. The van der Waals surface area contributed by atoms with Gasteiger partial charge in [-0.05, 0) is 48.5 Å². The van der Waals surface area contributed by atoms with E-state index in [1.165, 1.54) is 18.2 Å². The zero-order valence-electron chi connectivity index (χ0n) is 23.4. The van der Waals surface area contributed by atoms with E-state index in [4.69, 9.17) is 23.4 Å². The first-order valence-corrected chi connectivity index (χ1v) is 15.8. The van der Waals surface area contributed by atoms with Crippen LogP contribution in [0, 0.1) is 0 Å². The number of benzene rings is 2. The first kappa shape index (κ1) is 32.8. The molecular weight excluding hydrogens is 531 g/mol. The maximum Gasteiger partial charge on any atom is 0.416 e. The van der Waals surface area contributed by atoms with Gasteiger partial charge in [-0.25, -0.2) is 4.79 Å². The topological polar surface area (TPSA) is 75.2 Å². The second-order valence-corrected chi connectivity index (χ2v) is 15.1. The summed E-state index contributed by atoms with van der Waals surface area (Å²) < 4.78 is 66.7. The van der Waals surface area contributed by atoms with Gasteiger partial charge in [-0.15, -0.1) is 0 Å². The summed E-state index contributed by atoms with van der Waals surface area (Å²) >= 11 is 0. The zero-order valence-corrected chi connectivity index (χ0v) is 24.4. The standard InChI is InChI=1S/C28H40F3NO6Si/c1-27(2,3)39(4,5)38-20-18-36-16-14-34-13-15-35-17-19-37-26(33)24-11-6-7-12-25(24)32-23-10-8-9-22(21-23)28(29,30)31/h6-12,21,32H,13-20H2,1-5H3. The molecule has 2 rings (SSSR count). The molecule has 218 valence electrons. The van der Waals surface area contributed by atoms with Crippen molar-refractivity contribution in [1.82, 2.24) is 0 Å². The van der Waals surface area contributed by atoms with E-state index in [2.05, 4.69) is 39.2 Å². The summed E-state index contributed by atoms with van der Waals surface area (Å²) in [5.41, 5.74) is -0.0379. The number of halogens is 3. The van der Waals surface area contributed by atoms with Crippen LogP contribution in [0.5, 0.6) is 0 Å². The Labute approximate surface area is 230 Å². The Balaban J connectivity index is 1.59. The Morgan fingerprint density at radius 1 is 0.795 bits per heavy atom. The molecule has 0 fully saturated rings. The molecule has 7 nitrogen and oxygen atoms in total. The second kappa shape index (κ2) is 15.4. The molecule has 0 saturated carbocycles. The van der Waals surface area contributed by atoms with Gasteiger partial charge in [0.2, 0.25) is 0 Å². The molecule has 0 atom stereocenters. The number of hydrogen-bond acceptors (Lipinski definition) is 7. The Morgan fingerprint density at radius 3 is 1.95 bits per heavy atom. The average Bonchev–Trinajstić information content (AvgIpc) is 2.86. The van der Waals surface area contributed by atoms with Crippen molar-refractivity contribution in [3.05, 3.63) is 59.7 Å². The number of hydrogen-bond donors (Lipinski definition) is 1. The van der Waals surface area contributed by atoms with Crippen LogP contribution in [0.4, 0.5) is 24.5 Å². The number of para-hydroxylation sites is 1. The van der Waals surface area contributed by atoms with Crippen LogP contribution in [0.1, 0.15) is 36.7 Å². The van der Waals surface area contributed by atoms with Gasteiger partial charge in [-0.1, -0.05) is 39.0 Å². The first-order valence-electron chi connectivity index (χ1n) is 12.9. The summed E-state index contributed by atoms with van der Waals surface area (Å²) in [6.45, 7) is 13.9. The highest BCUT2D eigenvalue weighted by molar-refractivity contribution is 6.74. The van der Waals surface area contributed by atoms with Crippen molar-refractivity contribution in [3.63, 3.8) is 0 Å². The van der Waals surface area contributed by atoms with E-state index in [-0.39, 0.29) is 29.5 Å². The maximum absolute atomic E-state index is 13.0. The normalized spacial score (nSPS) is 12.4. The number of anilines is 2. The van der Waals surface area contributed by atoms with Crippen LogP contribution in [-0.2, 0) is 29.5 Å². The summed E-state index contributed by atoms with van der Waals surface area (Å²) in [6, 6.07) is 11.2. The quantitative estimate of drug-likeness (QED) is 0.137. The molecule has 0 amide bonds. The molecule has 0 aliphatic rings. The van der Waals surface area contributed by atoms with Crippen molar-refractivity contribution in [2.75, 3.05) is 58.2 Å². The van der Waals surface area contributed by atoms with E-state index in [1.807, 2.05) is 0 Å². The first-order chi connectivity index (χ1) is 18.3. The summed E-state index contributed by atoms with van der Waals surface area (Å²) in [5, 5.41) is 3.03. The Morgan fingerprint density at radius 2 is 1.36 bits per heavy atom. The van der Waals surface area contributed by atoms with Crippen LogP contribution in [0.15, 0.2) is 48.5 Å². The van der Waals surface area contributed by atoms with E-state index >= 15 is 0 Å². The van der Waals surface area contributed by atoms with Crippen molar-refractivity contribution >= 4 is 25.7 Å². The molecule has 0 saturated heterocycles. The third-order valence-corrected chi connectivity index (χ3v) is 10.9. The highest BCUT2D eigenvalue weighted by Gasteiger charge is 2.36. The van der Waals surface area contributed by atoms with Crippen molar-refractivity contribution < 1.29 is 41.3 Å². The van der Waals surface area contributed by atoms with Gasteiger partial charge in [0.15, 0.2) is 8.32 Å². The fourth-order valence-electron chi connectivity index (χ4n) is 3.08. The van der Waals surface area contributed by atoms with E-state index in [0.29, 0.717) is 45.3 Å². The maximum atomic E-state index is 13.0. The summed E-state index contributed by atoms with van der Waals surface area (Å²) in [7, 11) is -1.75. The molecule has 0 aromatic heterocycles. The Kier molecular flexibility index (Phi) is 12.9. The minimum Gasteiger partial charge on any atom is -0.460 e. The monoisotopic (exact) mass is 571 g/mol. The summed E-state index contributed by atoms with van der Waals surface area (Å²) in [6.07, 6.45) is -4.46. The number of carbonyl (C=O) groups excluding carboxylic acids is 1. The number of carbonyl (C=O) groups is 1. The van der Waals surface area contributed by atoms with Gasteiger partial charge in [-0.2, -0.15) is 13.2 Å². The molecule has 0 spiro atoms. The van der Waals surface area contributed by atoms with Gasteiger partial charge < -0.3 is 28.7 Å². The Bertz CT molecular complexity index is 1030. The van der Waals surface area contributed by atoms with Crippen molar-refractivity contribution in [3.8, 4) is 0 Å². The predicted octanol–water partition coefficient (Wildman–Crippen LogP) is 6.68. The van der Waals surface area contributed by atoms with Gasteiger partial charge in [0.1, 0.15) is 6.61 Å². The molecule has 0 unspecified atom stereocenters. The molecule has 39 heavy (non-hydrogen) atoms. The average molecular weight is 572 g/mol. The fraction of sp³-hybridized carbons (Fsp3) is 0.536. The number of esters is 1. The largest absolute Gasteiger partial charge is 0.460 e. The molecular formula is C28H40F3NO6Si. The molecule has 2 aromatic carbocycles. The van der Waals surface area contributed by atoms with Gasteiger partial charge in [0, 0.05) is 5.69 Å². The van der Waals surface area contributed by atoms with E-state index in [1.54, 1.807) is 18.2 Å². The highest BCUT2D eigenvalue weighted by Crippen LogP contribution is 2.36. The second-order valence-electron chi connectivity index (χ2n) is 10.3. The van der Waals surface area contributed by atoms with Crippen LogP contribution in [0.25, 0.3) is 0 Å². The zero-order chi connectivity index (χ0) is 28.9. The van der Waals surface area contributed by atoms with Crippen LogP contribution in [-0.4, -0.2) is 67.1 Å². The third kappa shape index (κ3) is 11.7. The Hall–Kier alpha value is -2.44. The lowest BCUT2D eigenvalue weighted by Gasteiger charge is -2.36. The molecule has 0 bridgehead atoms. The minimum atomic E-state index is -4.46. The predicted molar refractivity (Wildman–Crippen MR) is 147 cm³/mol. The summed E-state index contributed by atoms with van der Waals surface area (Å²) in [5.74, 6) is -0.611. The van der Waals surface area contributed by atoms with E-state index in [0.717, 1.165) is 12.1 Å². The summed E-state index contributed by atoms with van der Waals surface area (Å²) in [4.78, 5) is 12.5. The molecule has 0 heterocycles. The minimum absolute atomic E-state index is 0.0219. The van der Waals surface area contributed by atoms with Gasteiger partial charge in [0.05, 0.1) is 63.1 Å². The number of ether oxygens (including phenoxy) is 4. The molecule has 0 aliphatic carbocycles. The highest BCUT2D eigenvalue weighted by atomic mass is 28.4. The van der Waals surface area contributed by atoms with Crippen LogP contribution >= 0.6 is 0 Å². The lowest BCUT2D eigenvalue weighted by atomic mass is 10.1. The van der Waals surface area contributed by atoms with Crippen molar-refractivity contribution in [2.24, 2.45) is 0 Å². The molecule has 0 aliphatic heterocycles. The van der Waals surface area contributed by atoms with Gasteiger partial charge in [-0.3, -0.25) is 0 Å². The number of alkyl halides is 3. The third-order valence-electron chi connectivity index (χ3n) is 6.32. The van der Waals surface area contributed by atoms with Gasteiger partial charge >= 0.3 is 12.1 Å². The van der Waals surface area contributed by atoms with Crippen molar-refractivity contribution in [1.29, 1.82) is 0 Å². The molecule has 1 N–H and O–H groups in total. The lowest BCUT2D eigenvalue weighted by Crippen LogP contribution is -2.41. The SMILES string of the molecule is CC(C)(C)[Si](C)(C)OCCOCCOCCOCCOC(=O)c1ccccc1Nc1cccc(C(F)(F)F)c1. The molecule has 0 radical (unpaired) electrons. The molecule has 11 heteroatoms. The van der Waals surface area contributed by atoms with Crippen molar-refractivity contribution in [2.45, 2.75) is 45.1 Å². The van der Waals surface area contributed by atoms with Crippen LogP contribution in [0.2, 0.25) is 18.1 Å². The van der Waals surface area contributed by atoms with E-state index < -0.39 is 26.0 Å². The number of rotatable bonds is 16. The van der Waals surface area contributed by atoms with E-state index in [9.17, 15) is 18.0 Å². The van der Waals surface area contributed by atoms with Crippen LogP contribution in [0.3, 0.4) is 0 Å². The smallest absolute Gasteiger partial charge is 0.416 e. The van der Waals surface area contributed by atoms with Gasteiger partial charge in [0.25, 0.3) is 0 Å². The molecule has 2 aromatic rings. The van der Waals surface area contributed by atoms with Crippen LogP contribution < -0.4 is 5.32 Å². The lowest BCUT2D eigenvalue weighted by molar-refractivity contribution is -0.137.